The minimum Gasteiger partial charge on any atom is -0.339 e. The lowest BCUT2D eigenvalue weighted by Crippen LogP contribution is -2.38. The monoisotopic (exact) mass is 361 g/mol. The summed E-state index contributed by atoms with van der Waals surface area (Å²) in [4.78, 5) is 15.5. The summed E-state index contributed by atoms with van der Waals surface area (Å²) in [5.41, 5.74) is 0.630. The third kappa shape index (κ3) is 3.67. The van der Waals surface area contributed by atoms with E-state index in [1.807, 2.05) is 29.4 Å². The van der Waals surface area contributed by atoms with Crippen LogP contribution in [-0.4, -0.2) is 35.5 Å². The van der Waals surface area contributed by atoms with Gasteiger partial charge in [0.15, 0.2) is 0 Å². The Hall–Kier alpha value is -0.190. The van der Waals surface area contributed by atoms with Crippen molar-refractivity contribution < 1.29 is 4.79 Å². The molecular formula is C14H17BrClNOS. The minimum atomic E-state index is 0.0638. The van der Waals surface area contributed by atoms with Gasteiger partial charge in [-0.15, -0.1) is 11.8 Å². The Morgan fingerprint density at radius 1 is 1.47 bits per heavy atom. The number of piperidine rings is 1. The Bertz CT molecular complexity index is 461. The number of amides is 1. The number of benzene rings is 1. The van der Waals surface area contributed by atoms with Crippen molar-refractivity contribution in [2.45, 2.75) is 17.7 Å². The van der Waals surface area contributed by atoms with Crippen molar-refractivity contribution >= 4 is 45.2 Å². The Morgan fingerprint density at radius 3 is 2.74 bits per heavy atom. The highest BCUT2D eigenvalue weighted by Crippen LogP contribution is 2.26. The quantitative estimate of drug-likeness (QED) is 0.590. The van der Waals surface area contributed by atoms with Crippen molar-refractivity contribution in [2.75, 3.05) is 24.7 Å². The van der Waals surface area contributed by atoms with Crippen molar-refractivity contribution in [2.24, 2.45) is 5.92 Å². The molecule has 1 aliphatic heterocycles. The van der Waals surface area contributed by atoms with E-state index in [9.17, 15) is 4.79 Å². The molecule has 104 valence electrons. The molecule has 1 aromatic carbocycles. The fourth-order valence-corrected chi connectivity index (χ4v) is 3.54. The van der Waals surface area contributed by atoms with Gasteiger partial charge in [0.2, 0.25) is 0 Å². The van der Waals surface area contributed by atoms with Gasteiger partial charge in [0.25, 0.3) is 5.91 Å². The standard InChI is InChI=1S/C14H17BrClNOS/c1-19-11-2-3-13(16)12(8-11)14(18)17-6-4-10(9-15)5-7-17/h2-3,8,10H,4-7,9H2,1H3. The van der Waals surface area contributed by atoms with E-state index in [4.69, 9.17) is 11.6 Å². The maximum absolute atomic E-state index is 12.5. The molecule has 0 spiro atoms. The lowest BCUT2D eigenvalue weighted by molar-refractivity contribution is 0.0699. The van der Waals surface area contributed by atoms with Gasteiger partial charge in [0, 0.05) is 23.3 Å². The molecule has 0 saturated carbocycles. The van der Waals surface area contributed by atoms with Gasteiger partial charge in [0.1, 0.15) is 0 Å². The summed E-state index contributed by atoms with van der Waals surface area (Å²) in [5, 5.41) is 1.57. The Morgan fingerprint density at radius 2 is 2.16 bits per heavy atom. The van der Waals surface area contributed by atoms with Gasteiger partial charge in [-0.1, -0.05) is 27.5 Å². The number of nitrogens with zero attached hydrogens (tertiary/aromatic N) is 1. The van der Waals surface area contributed by atoms with Crippen molar-refractivity contribution in [3.05, 3.63) is 28.8 Å². The Balaban J connectivity index is 2.11. The molecule has 2 nitrogen and oxygen atoms in total. The molecule has 0 aliphatic carbocycles. The van der Waals surface area contributed by atoms with Gasteiger partial charge in [-0.3, -0.25) is 4.79 Å². The number of alkyl halides is 1. The van der Waals surface area contributed by atoms with E-state index < -0.39 is 0 Å². The third-order valence-corrected chi connectivity index (χ3v) is 5.49. The van der Waals surface area contributed by atoms with Crippen LogP contribution in [0.25, 0.3) is 0 Å². The van der Waals surface area contributed by atoms with Crippen LogP contribution in [0.3, 0.4) is 0 Å². The summed E-state index contributed by atoms with van der Waals surface area (Å²) in [7, 11) is 0. The highest BCUT2D eigenvalue weighted by molar-refractivity contribution is 9.09. The molecule has 0 radical (unpaired) electrons. The van der Waals surface area contributed by atoms with Crippen molar-refractivity contribution in [3.63, 3.8) is 0 Å². The molecule has 2 rings (SSSR count). The van der Waals surface area contributed by atoms with Crippen LogP contribution in [0.15, 0.2) is 23.1 Å². The largest absolute Gasteiger partial charge is 0.339 e. The summed E-state index contributed by atoms with van der Waals surface area (Å²) >= 11 is 11.3. The number of hydrogen-bond donors (Lipinski definition) is 0. The number of carbonyl (C=O) groups is 1. The summed E-state index contributed by atoms with van der Waals surface area (Å²) in [6.07, 6.45) is 4.13. The summed E-state index contributed by atoms with van der Waals surface area (Å²) in [5.74, 6) is 0.756. The number of likely N-dealkylation sites (tertiary alicyclic amines) is 1. The van der Waals surface area contributed by atoms with Gasteiger partial charge in [-0.2, -0.15) is 0 Å². The first kappa shape index (κ1) is 15.2. The molecule has 1 saturated heterocycles. The van der Waals surface area contributed by atoms with Crippen LogP contribution < -0.4 is 0 Å². The van der Waals surface area contributed by atoms with Crippen LogP contribution in [0.1, 0.15) is 23.2 Å². The number of carbonyl (C=O) groups excluding carboxylic acids is 1. The van der Waals surface area contributed by atoms with E-state index in [0.717, 1.165) is 36.2 Å². The van der Waals surface area contributed by atoms with E-state index in [1.165, 1.54) is 0 Å². The molecule has 0 N–H and O–H groups in total. The Kier molecular flexibility index (Phi) is 5.60. The molecule has 1 heterocycles. The van der Waals surface area contributed by atoms with Crippen LogP contribution in [0, 0.1) is 5.92 Å². The SMILES string of the molecule is CSc1ccc(Cl)c(C(=O)N2CCC(CBr)CC2)c1. The topological polar surface area (TPSA) is 20.3 Å². The maximum Gasteiger partial charge on any atom is 0.255 e. The predicted octanol–water partition coefficient (Wildman–Crippen LogP) is 4.31. The molecule has 1 aliphatic rings. The molecule has 5 heteroatoms. The van der Waals surface area contributed by atoms with Gasteiger partial charge in [-0.05, 0) is 43.2 Å². The second-order valence-electron chi connectivity index (χ2n) is 4.74. The first-order valence-corrected chi connectivity index (χ1v) is 9.07. The molecule has 1 aromatic rings. The first-order valence-electron chi connectivity index (χ1n) is 6.34. The second-order valence-corrected chi connectivity index (χ2v) is 6.67. The highest BCUT2D eigenvalue weighted by atomic mass is 79.9. The van der Waals surface area contributed by atoms with Gasteiger partial charge in [0.05, 0.1) is 10.6 Å². The minimum absolute atomic E-state index is 0.0638. The average Bonchev–Trinajstić information content (AvgIpc) is 2.47. The van der Waals surface area contributed by atoms with E-state index in [-0.39, 0.29) is 5.91 Å². The zero-order chi connectivity index (χ0) is 13.8. The van der Waals surface area contributed by atoms with Crippen LogP contribution in [0.4, 0.5) is 0 Å². The zero-order valence-corrected chi connectivity index (χ0v) is 14.0. The fraction of sp³-hybridized carbons (Fsp3) is 0.500. The van der Waals surface area contributed by atoms with Crippen LogP contribution >= 0.6 is 39.3 Å². The molecule has 19 heavy (non-hydrogen) atoms. The summed E-state index contributed by atoms with van der Waals surface area (Å²) in [6.45, 7) is 1.66. The van der Waals surface area contributed by atoms with Gasteiger partial charge >= 0.3 is 0 Å². The maximum atomic E-state index is 12.5. The van der Waals surface area contributed by atoms with Crippen molar-refractivity contribution in [1.29, 1.82) is 0 Å². The van der Waals surface area contributed by atoms with E-state index in [2.05, 4.69) is 15.9 Å². The molecular weight excluding hydrogens is 346 g/mol. The van der Waals surface area contributed by atoms with E-state index in [1.54, 1.807) is 11.8 Å². The van der Waals surface area contributed by atoms with Crippen LogP contribution in [0.2, 0.25) is 5.02 Å². The van der Waals surface area contributed by atoms with Gasteiger partial charge < -0.3 is 4.90 Å². The third-order valence-electron chi connectivity index (χ3n) is 3.52. The second kappa shape index (κ2) is 7.00. The Labute approximate surface area is 132 Å². The number of hydrogen-bond acceptors (Lipinski definition) is 2. The zero-order valence-electron chi connectivity index (χ0n) is 10.9. The molecule has 0 bridgehead atoms. The predicted molar refractivity (Wildman–Crippen MR) is 85.7 cm³/mol. The molecule has 0 unspecified atom stereocenters. The van der Waals surface area contributed by atoms with E-state index >= 15 is 0 Å². The lowest BCUT2D eigenvalue weighted by atomic mass is 9.98. The normalized spacial score (nSPS) is 16.7. The van der Waals surface area contributed by atoms with Crippen LogP contribution in [0.5, 0.6) is 0 Å². The lowest BCUT2D eigenvalue weighted by Gasteiger charge is -2.31. The highest BCUT2D eigenvalue weighted by Gasteiger charge is 2.24. The molecule has 1 fully saturated rings. The molecule has 1 amide bonds. The fourth-order valence-electron chi connectivity index (χ4n) is 2.26. The number of rotatable bonds is 3. The number of thioether (sulfide) groups is 1. The first-order chi connectivity index (χ1) is 9.15. The van der Waals surface area contributed by atoms with Crippen molar-refractivity contribution in [3.8, 4) is 0 Å². The number of halogens is 2. The van der Waals surface area contributed by atoms with Gasteiger partial charge in [-0.25, -0.2) is 0 Å². The van der Waals surface area contributed by atoms with Crippen LogP contribution in [-0.2, 0) is 0 Å². The summed E-state index contributed by atoms with van der Waals surface area (Å²) < 4.78 is 0. The molecule has 0 aromatic heterocycles. The molecule has 0 atom stereocenters. The average molecular weight is 363 g/mol. The summed E-state index contributed by atoms with van der Waals surface area (Å²) in [6, 6.07) is 5.65. The van der Waals surface area contributed by atoms with Crippen molar-refractivity contribution in [1.82, 2.24) is 4.90 Å². The van der Waals surface area contributed by atoms with E-state index in [0.29, 0.717) is 16.5 Å². The smallest absolute Gasteiger partial charge is 0.255 e.